The molecule has 0 unspecified atom stereocenters. The number of aliphatic carboxylic acids is 1. The molecule has 0 bridgehead atoms. The number of methoxy groups -OCH3 is 1. The van der Waals surface area contributed by atoms with Crippen LogP contribution < -0.4 is 10.1 Å². The summed E-state index contributed by atoms with van der Waals surface area (Å²) in [7, 11) is 1.63. The average molecular weight is 265 g/mol. The van der Waals surface area contributed by atoms with Gasteiger partial charge in [0, 0.05) is 6.54 Å². The van der Waals surface area contributed by atoms with E-state index in [2.05, 4.69) is 11.4 Å². The number of nitrogens with one attached hydrogen (secondary N) is 1. The van der Waals surface area contributed by atoms with Gasteiger partial charge >= 0.3 is 5.97 Å². The zero-order valence-corrected chi connectivity index (χ0v) is 12.5. The molecular formula is C15H23NO3. The molecule has 4 nitrogen and oxygen atoms in total. The molecule has 0 saturated carbocycles. The summed E-state index contributed by atoms with van der Waals surface area (Å²) in [5, 5.41) is 12.4. The van der Waals surface area contributed by atoms with Crippen molar-refractivity contribution in [3.05, 3.63) is 22.8 Å². The van der Waals surface area contributed by atoms with Crippen LogP contribution in [0, 0.1) is 26.2 Å². The Morgan fingerprint density at radius 3 is 2.37 bits per heavy atom. The van der Waals surface area contributed by atoms with E-state index in [0.29, 0.717) is 6.54 Å². The molecular weight excluding hydrogens is 242 g/mol. The molecule has 0 aliphatic carbocycles. The highest BCUT2D eigenvalue weighted by Gasteiger charge is 2.27. The number of carboxylic acid groups (broad SMARTS) is 1. The van der Waals surface area contributed by atoms with Crippen molar-refractivity contribution in [1.82, 2.24) is 0 Å². The molecule has 0 spiro atoms. The van der Waals surface area contributed by atoms with E-state index >= 15 is 0 Å². The lowest BCUT2D eigenvalue weighted by molar-refractivity contribution is -0.146. The molecule has 1 aromatic rings. The van der Waals surface area contributed by atoms with Crippen LogP contribution in [-0.2, 0) is 4.79 Å². The van der Waals surface area contributed by atoms with Crippen LogP contribution in [0.4, 0.5) is 5.69 Å². The zero-order valence-electron chi connectivity index (χ0n) is 12.5. The monoisotopic (exact) mass is 265 g/mol. The zero-order chi connectivity index (χ0) is 14.8. The lowest BCUT2D eigenvalue weighted by Crippen LogP contribution is -2.32. The molecule has 0 amide bonds. The minimum Gasteiger partial charge on any atom is -0.494 e. The van der Waals surface area contributed by atoms with Gasteiger partial charge < -0.3 is 15.2 Å². The van der Waals surface area contributed by atoms with Gasteiger partial charge in [0.2, 0.25) is 0 Å². The summed E-state index contributed by atoms with van der Waals surface area (Å²) in [4.78, 5) is 11.1. The van der Waals surface area contributed by atoms with Crippen molar-refractivity contribution in [2.75, 3.05) is 19.0 Å². The highest BCUT2D eigenvalue weighted by molar-refractivity contribution is 5.75. The SMILES string of the molecule is COc1c(C)c(C)cc(C)c1NCC(C)(C)C(=O)O. The number of hydrogen-bond donors (Lipinski definition) is 2. The third-order valence-corrected chi connectivity index (χ3v) is 3.48. The van der Waals surface area contributed by atoms with E-state index in [-0.39, 0.29) is 0 Å². The van der Waals surface area contributed by atoms with Gasteiger partial charge in [-0.25, -0.2) is 0 Å². The van der Waals surface area contributed by atoms with Crippen LogP contribution in [0.15, 0.2) is 6.07 Å². The number of carboxylic acids is 1. The lowest BCUT2D eigenvalue weighted by Gasteiger charge is -2.23. The average Bonchev–Trinajstić information content (AvgIpc) is 2.31. The van der Waals surface area contributed by atoms with E-state index in [0.717, 1.165) is 28.1 Å². The Balaban J connectivity index is 3.08. The van der Waals surface area contributed by atoms with Crippen LogP contribution in [-0.4, -0.2) is 24.7 Å². The normalized spacial score (nSPS) is 11.3. The first kappa shape index (κ1) is 15.3. The van der Waals surface area contributed by atoms with Gasteiger partial charge in [-0.15, -0.1) is 0 Å². The molecule has 0 aliphatic heterocycles. The molecule has 19 heavy (non-hydrogen) atoms. The first-order chi connectivity index (χ1) is 8.70. The fourth-order valence-electron chi connectivity index (χ4n) is 1.91. The van der Waals surface area contributed by atoms with Gasteiger partial charge in [-0.05, 0) is 51.3 Å². The van der Waals surface area contributed by atoms with Crippen LogP contribution >= 0.6 is 0 Å². The van der Waals surface area contributed by atoms with Crippen molar-refractivity contribution in [3.8, 4) is 5.75 Å². The Morgan fingerprint density at radius 2 is 1.89 bits per heavy atom. The number of ether oxygens (including phenoxy) is 1. The predicted molar refractivity (Wildman–Crippen MR) is 77.1 cm³/mol. The number of hydrogen-bond acceptors (Lipinski definition) is 3. The van der Waals surface area contributed by atoms with E-state index in [4.69, 9.17) is 9.84 Å². The van der Waals surface area contributed by atoms with Crippen LogP contribution in [0.25, 0.3) is 0 Å². The molecule has 0 aromatic heterocycles. The maximum absolute atomic E-state index is 11.1. The first-order valence-corrected chi connectivity index (χ1v) is 6.32. The highest BCUT2D eigenvalue weighted by atomic mass is 16.5. The Hall–Kier alpha value is -1.71. The third-order valence-electron chi connectivity index (χ3n) is 3.48. The quantitative estimate of drug-likeness (QED) is 0.858. The third kappa shape index (κ3) is 3.19. The van der Waals surface area contributed by atoms with E-state index < -0.39 is 11.4 Å². The van der Waals surface area contributed by atoms with Gasteiger partial charge in [0.05, 0.1) is 18.2 Å². The van der Waals surface area contributed by atoms with E-state index in [9.17, 15) is 4.79 Å². The number of benzene rings is 1. The molecule has 0 heterocycles. The molecule has 0 fully saturated rings. The van der Waals surface area contributed by atoms with Gasteiger partial charge in [0.25, 0.3) is 0 Å². The molecule has 0 atom stereocenters. The van der Waals surface area contributed by atoms with Crippen molar-refractivity contribution in [2.45, 2.75) is 34.6 Å². The minimum atomic E-state index is -0.823. The molecule has 2 N–H and O–H groups in total. The maximum Gasteiger partial charge on any atom is 0.310 e. The van der Waals surface area contributed by atoms with Crippen LogP contribution in [0.1, 0.15) is 30.5 Å². The summed E-state index contributed by atoms with van der Waals surface area (Å²) < 4.78 is 5.45. The van der Waals surface area contributed by atoms with Crippen molar-refractivity contribution < 1.29 is 14.6 Å². The van der Waals surface area contributed by atoms with Crippen molar-refractivity contribution in [3.63, 3.8) is 0 Å². The standard InChI is InChI=1S/C15H23NO3/c1-9-7-10(2)12(13(19-6)11(9)3)16-8-15(4,5)14(17)18/h7,16H,8H2,1-6H3,(H,17,18). The summed E-state index contributed by atoms with van der Waals surface area (Å²) in [5.74, 6) is -0.0286. The smallest absolute Gasteiger partial charge is 0.310 e. The molecule has 1 aromatic carbocycles. The summed E-state index contributed by atoms with van der Waals surface area (Å²) in [6.07, 6.45) is 0. The molecule has 0 saturated heterocycles. The summed E-state index contributed by atoms with van der Waals surface area (Å²) in [5.41, 5.74) is 3.35. The fourth-order valence-corrected chi connectivity index (χ4v) is 1.91. The number of carbonyl (C=O) groups is 1. The predicted octanol–water partition coefficient (Wildman–Crippen LogP) is 3.14. The van der Waals surface area contributed by atoms with Gasteiger partial charge in [-0.2, -0.15) is 0 Å². The van der Waals surface area contributed by atoms with E-state index in [1.807, 2.05) is 20.8 Å². The Bertz CT molecular complexity index is 493. The van der Waals surface area contributed by atoms with Crippen molar-refractivity contribution in [2.24, 2.45) is 5.41 Å². The number of aryl methyl sites for hydroxylation is 2. The van der Waals surface area contributed by atoms with Crippen molar-refractivity contribution in [1.29, 1.82) is 0 Å². The summed E-state index contributed by atoms with van der Waals surface area (Å²) >= 11 is 0. The molecule has 106 valence electrons. The number of anilines is 1. The molecule has 1 rings (SSSR count). The Labute approximate surface area is 114 Å². The topological polar surface area (TPSA) is 58.6 Å². The molecule has 4 heteroatoms. The first-order valence-electron chi connectivity index (χ1n) is 6.32. The van der Waals surface area contributed by atoms with Crippen LogP contribution in [0.5, 0.6) is 5.75 Å². The molecule has 0 radical (unpaired) electrons. The van der Waals surface area contributed by atoms with Gasteiger partial charge in [-0.1, -0.05) is 6.07 Å². The van der Waals surface area contributed by atoms with Gasteiger partial charge in [0.15, 0.2) is 0 Å². The number of rotatable bonds is 5. The van der Waals surface area contributed by atoms with E-state index in [1.165, 1.54) is 0 Å². The second kappa shape index (κ2) is 5.51. The van der Waals surface area contributed by atoms with Crippen LogP contribution in [0.2, 0.25) is 0 Å². The Morgan fingerprint density at radius 1 is 1.32 bits per heavy atom. The summed E-state index contributed by atoms with van der Waals surface area (Å²) in [6.45, 7) is 9.78. The highest BCUT2D eigenvalue weighted by Crippen LogP contribution is 2.34. The minimum absolute atomic E-state index is 0.349. The maximum atomic E-state index is 11.1. The molecule has 0 aliphatic rings. The Kier molecular flexibility index (Phi) is 4.45. The van der Waals surface area contributed by atoms with Gasteiger partial charge in [0.1, 0.15) is 5.75 Å². The second-order valence-corrected chi connectivity index (χ2v) is 5.59. The second-order valence-electron chi connectivity index (χ2n) is 5.59. The van der Waals surface area contributed by atoms with Crippen LogP contribution in [0.3, 0.4) is 0 Å². The largest absolute Gasteiger partial charge is 0.494 e. The van der Waals surface area contributed by atoms with Crippen molar-refractivity contribution >= 4 is 11.7 Å². The summed E-state index contributed by atoms with van der Waals surface area (Å²) in [6, 6.07) is 2.08. The van der Waals surface area contributed by atoms with E-state index in [1.54, 1.807) is 21.0 Å². The fraction of sp³-hybridized carbons (Fsp3) is 0.533. The lowest BCUT2D eigenvalue weighted by atomic mass is 9.93. The van der Waals surface area contributed by atoms with Gasteiger partial charge in [-0.3, -0.25) is 4.79 Å².